The van der Waals surface area contributed by atoms with Crippen molar-refractivity contribution in [1.29, 1.82) is 0 Å². The van der Waals surface area contributed by atoms with Crippen LogP contribution in [0.15, 0.2) is 5.16 Å². The molecular weight excluding hydrogens is 144 g/mol. The first-order valence-corrected chi connectivity index (χ1v) is 3.73. The van der Waals surface area contributed by atoms with E-state index in [1.165, 1.54) is 0 Å². The molecule has 4 heteroatoms. The molecule has 1 unspecified atom stereocenters. The number of carbonyl (C=O) groups is 1. The van der Waals surface area contributed by atoms with Gasteiger partial charge in [0.25, 0.3) is 5.91 Å². The first-order chi connectivity index (χ1) is 5.25. The van der Waals surface area contributed by atoms with E-state index in [0.29, 0.717) is 6.04 Å². The van der Waals surface area contributed by atoms with E-state index in [-0.39, 0.29) is 5.91 Å². The Labute approximate surface area is 65.5 Å². The van der Waals surface area contributed by atoms with Crippen LogP contribution >= 0.6 is 0 Å². The normalized spacial score (nSPS) is 24.8. The summed E-state index contributed by atoms with van der Waals surface area (Å²) < 4.78 is 0. The van der Waals surface area contributed by atoms with Gasteiger partial charge in [-0.3, -0.25) is 4.79 Å². The lowest BCUT2D eigenvalue weighted by Crippen LogP contribution is -2.34. The molecule has 0 aromatic rings. The Bertz CT molecular complexity index is 179. The van der Waals surface area contributed by atoms with Crippen LogP contribution in [-0.2, 0) is 4.79 Å². The van der Waals surface area contributed by atoms with Crippen LogP contribution in [0.5, 0.6) is 0 Å². The number of rotatable bonds is 1. The fourth-order valence-electron chi connectivity index (χ4n) is 1.38. The fraction of sp³-hybridized carbons (Fsp3) is 0.714. The van der Waals surface area contributed by atoms with E-state index in [1.807, 2.05) is 6.92 Å². The maximum absolute atomic E-state index is 11.1. The Kier molecular flexibility index (Phi) is 2.46. The van der Waals surface area contributed by atoms with E-state index in [4.69, 9.17) is 5.21 Å². The molecule has 0 spiro atoms. The average Bonchev–Trinajstić information content (AvgIpc) is 2.36. The summed E-state index contributed by atoms with van der Waals surface area (Å²) in [5.41, 5.74) is 0. The molecule has 0 aromatic heterocycles. The zero-order valence-electron chi connectivity index (χ0n) is 6.53. The van der Waals surface area contributed by atoms with E-state index in [0.717, 1.165) is 25.6 Å². The van der Waals surface area contributed by atoms with Crippen molar-refractivity contribution < 1.29 is 10.0 Å². The van der Waals surface area contributed by atoms with Gasteiger partial charge in [0.05, 0.1) is 0 Å². The van der Waals surface area contributed by atoms with Gasteiger partial charge in [-0.2, -0.15) is 0 Å². The van der Waals surface area contributed by atoms with Gasteiger partial charge in [0.2, 0.25) is 0 Å². The van der Waals surface area contributed by atoms with Gasteiger partial charge in [-0.25, -0.2) is 0 Å². The Hall–Kier alpha value is -1.06. The molecule has 1 N–H and O–H groups in total. The van der Waals surface area contributed by atoms with Crippen molar-refractivity contribution in [2.45, 2.75) is 25.8 Å². The van der Waals surface area contributed by atoms with Gasteiger partial charge in [-0.1, -0.05) is 5.16 Å². The summed E-state index contributed by atoms with van der Waals surface area (Å²) in [5.74, 6) is -0.197. The Morgan fingerprint density at radius 3 is 3.00 bits per heavy atom. The first-order valence-electron chi connectivity index (χ1n) is 3.73. The molecular formula is C7H12N2O2. The fourth-order valence-corrected chi connectivity index (χ4v) is 1.38. The van der Waals surface area contributed by atoms with Crippen molar-refractivity contribution in [1.82, 2.24) is 4.90 Å². The molecule has 1 atom stereocenters. The minimum atomic E-state index is -0.197. The number of oxime groups is 1. The number of amides is 1. The maximum Gasteiger partial charge on any atom is 0.268 e. The molecule has 0 radical (unpaired) electrons. The highest BCUT2D eigenvalue weighted by molar-refractivity contribution is 6.26. The molecule has 0 aromatic carbocycles. The standard InChI is InChI=1S/C7H12N2O2/c1-6-3-2-4-9(6)7(10)5-8-11/h5-6,11H,2-4H2,1H3/b8-5+. The van der Waals surface area contributed by atoms with E-state index in [2.05, 4.69) is 5.16 Å². The van der Waals surface area contributed by atoms with Gasteiger partial charge in [0.1, 0.15) is 6.21 Å². The molecule has 0 aliphatic carbocycles. The van der Waals surface area contributed by atoms with Gasteiger partial charge in [-0.05, 0) is 19.8 Å². The summed E-state index contributed by atoms with van der Waals surface area (Å²) in [5, 5.41) is 10.8. The molecule has 1 amide bonds. The third-order valence-electron chi connectivity index (χ3n) is 2.00. The second-order valence-corrected chi connectivity index (χ2v) is 2.77. The molecule has 1 fully saturated rings. The van der Waals surface area contributed by atoms with Crippen LogP contribution in [0, 0.1) is 0 Å². The van der Waals surface area contributed by atoms with E-state index in [1.54, 1.807) is 4.90 Å². The van der Waals surface area contributed by atoms with Crippen LogP contribution in [0.25, 0.3) is 0 Å². The molecule has 1 aliphatic heterocycles. The lowest BCUT2D eigenvalue weighted by Gasteiger charge is -2.18. The third-order valence-corrected chi connectivity index (χ3v) is 2.00. The van der Waals surface area contributed by atoms with Crippen molar-refractivity contribution in [3.8, 4) is 0 Å². The number of likely N-dealkylation sites (tertiary alicyclic amines) is 1. The van der Waals surface area contributed by atoms with E-state index < -0.39 is 0 Å². The summed E-state index contributed by atoms with van der Waals surface area (Å²) in [6.45, 7) is 2.78. The zero-order valence-corrected chi connectivity index (χ0v) is 6.53. The van der Waals surface area contributed by atoms with Crippen LogP contribution in [0.4, 0.5) is 0 Å². The van der Waals surface area contributed by atoms with E-state index >= 15 is 0 Å². The molecule has 11 heavy (non-hydrogen) atoms. The monoisotopic (exact) mass is 156 g/mol. The number of hydrogen-bond donors (Lipinski definition) is 1. The van der Waals surface area contributed by atoms with Gasteiger partial charge < -0.3 is 10.1 Å². The van der Waals surface area contributed by atoms with Crippen LogP contribution in [0.1, 0.15) is 19.8 Å². The zero-order chi connectivity index (χ0) is 8.27. The highest BCUT2D eigenvalue weighted by Crippen LogP contribution is 2.15. The molecule has 4 nitrogen and oxygen atoms in total. The Balaban J connectivity index is 2.52. The van der Waals surface area contributed by atoms with Gasteiger partial charge in [0, 0.05) is 12.6 Å². The van der Waals surface area contributed by atoms with Crippen LogP contribution in [0.2, 0.25) is 0 Å². The van der Waals surface area contributed by atoms with Gasteiger partial charge >= 0.3 is 0 Å². The number of carbonyl (C=O) groups excluding carboxylic acids is 1. The lowest BCUT2D eigenvalue weighted by molar-refractivity contribution is -0.124. The predicted octanol–water partition coefficient (Wildman–Crippen LogP) is 0.457. The number of hydrogen-bond acceptors (Lipinski definition) is 3. The molecule has 0 bridgehead atoms. The molecule has 1 rings (SSSR count). The third kappa shape index (κ3) is 1.69. The second kappa shape index (κ2) is 3.37. The highest BCUT2D eigenvalue weighted by atomic mass is 16.4. The van der Waals surface area contributed by atoms with Crippen LogP contribution in [-0.4, -0.2) is 34.8 Å². The van der Waals surface area contributed by atoms with Crippen molar-refractivity contribution in [3.63, 3.8) is 0 Å². The number of nitrogens with zero attached hydrogens (tertiary/aromatic N) is 2. The highest BCUT2D eigenvalue weighted by Gasteiger charge is 2.23. The summed E-state index contributed by atoms with van der Waals surface area (Å²) in [6.07, 6.45) is 3.04. The topological polar surface area (TPSA) is 52.9 Å². The minimum absolute atomic E-state index is 0.197. The quantitative estimate of drug-likeness (QED) is 0.340. The average molecular weight is 156 g/mol. The van der Waals surface area contributed by atoms with Crippen molar-refractivity contribution >= 4 is 12.1 Å². The SMILES string of the molecule is CC1CCCN1C(=O)/C=N/O. The predicted molar refractivity (Wildman–Crippen MR) is 40.7 cm³/mol. The van der Waals surface area contributed by atoms with E-state index in [9.17, 15) is 4.79 Å². The van der Waals surface area contributed by atoms with Crippen molar-refractivity contribution in [3.05, 3.63) is 0 Å². The van der Waals surface area contributed by atoms with Gasteiger partial charge in [0.15, 0.2) is 0 Å². The molecule has 0 saturated carbocycles. The summed E-state index contributed by atoms with van der Waals surface area (Å²) >= 11 is 0. The van der Waals surface area contributed by atoms with Gasteiger partial charge in [-0.15, -0.1) is 0 Å². The van der Waals surface area contributed by atoms with Crippen molar-refractivity contribution in [2.75, 3.05) is 6.54 Å². The lowest BCUT2D eigenvalue weighted by atomic mass is 10.2. The van der Waals surface area contributed by atoms with Crippen LogP contribution < -0.4 is 0 Å². The largest absolute Gasteiger partial charge is 0.411 e. The summed E-state index contributed by atoms with van der Waals surface area (Å²) in [7, 11) is 0. The molecule has 1 saturated heterocycles. The first kappa shape index (κ1) is 8.04. The Morgan fingerprint density at radius 1 is 1.82 bits per heavy atom. The summed E-state index contributed by atoms with van der Waals surface area (Å²) in [6, 6.07) is 0.292. The molecule has 62 valence electrons. The smallest absolute Gasteiger partial charge is 0.268 e. The van der Waals surface area contributed by atoms with Crippen LogP contribution in [0.3, 0.4) is 0 Å². The molecule has 1 aliphatic rings. The second-order valence-electron chi connectivity index (χ2n) is 2.77. The maximum atomic E-state index is 11.1. The summed E-state index contributed by atoms with van der Waals surface area (Å²) in [4.78, 5) is 12.8. The van der Waals surface area contributed by atoms with Crippen molar-refractivity contribution in [2.24, 2.45) is 5.16 Å². The molecule has 1 heterocycles. The Morgan fingerprint density at radius 2 is 2.55 bits per heavy atom. The minimum Gasteiger partial charge on any atom is -0.411 e.